The molecule has 1 fully saturated rings. The molecule has 1 aromatic carbocycles. The monoisotopic (exact) mass is 361 g/mol. The van der Waals surface area contributed by atoms with E-state index in [1.807, 2.05) is 36.4 Å². The van der Waals surface area contributed by atoms with Gasteiger partial charge in [-0.25, -0.2) is 8.42 Å². The third-order valence-corrected chi connectivity index (χ3v) is 6.34. The highest BCUT2D eigenvalue weighted by Crippen LogP contribution is 2.24. The molecule has 2 aromatic rings. The van der Waals surface area contributed by atoms with Crippen LogP contribution in [0.4, 0.5) is 0 Å². The lowest BCUT2D eigenvalue weighted by atomic mass is 10.2. The van der Waals surface area contributed by atoms with Gasteiger partial charge >= 0.3 is 0 Å². The molecule has 1 saturated carbocycles. The Labute approximate surface area is 150 Å². The first-order valence-electron chi connectivity index (χ1n) is 8.82. The molecule has 1 heterocycles. The number of sulfonamides is 1. The van der Waals surface area contributed by atoms with E-state index in [4.69, 9.17) is 0 Å². The Morgan fingerprint density at radius 1 is 1.24 bits per heavy atom. The van der Waals surface area contributed by atoms with Gasteiger partial charge in [-0.1, -0.05) is 30.3 Å². The van der Waals surface area contributed by atoms with Crippen LogP contribution in [-0.2, 0) is 23.1 Å². The second kappa shape index (κ2) is 7.32. The summed E-state index contributed by atoms with van der Waals surface area (Å²) in [5.74, 6) is 0. The average molecular weight is 362 g/mol. The molecule has 0 radical (unpaired) electrons. The van der Waals surface area contributed by atoms with E-state index in [0.29, 0.717) is 24.0 Å². The first-order chi connectivity index (χ1) is 11.9. The summed E-state index contributed by atoms with van der Waals surface area (Å²) in [6, 6.07) is 12.3. The van der Waals surface area contributed by atoms with Crippen molar-refractivity contribution < 1.29 is 8.42 Å². The predicted octanol–water partition coefficient (Wildman–Crippen LogP) is 3.14. The van der Waals surface area contributed by atoms with Crippen molar-refractivity contribution in [2.75, 3.05) is 7.05 Å². The number of hydrogen-bond donors (Lipinski definition) is 1. The fraction of sp³-hybridized carbons (Fsp3) is 0.474. The highest BCUT2D eigenvalue weighted by Gasteiger charge is 2.26. The molecular formula is C19H27N3O2S. The summed E-state index contributed by atoms with van der Waals surface area (Å²) in [5.41, 5.74) is 2.00. The van der Waals surface area contributed by atoms with E-state index in [1.165, 1.54) is 17.1 Å². The van der Waals surface area contributed by atoms with E-state index in [0.717, 1.165) is 11.3 Å². The lowest BCUT2D eigenvalue weighted by Gasteiger charge is -2.16. The van der Waals surface area contributed by atoms with Gasteiger partial charge in [0.05, 0.1) is 0 Å². The maximum atomic E-state index is 13.0. The third kappa shape index (κ3) is 4.32. The van der Waals surface area contributed by atoms with Crippen LogP contribution >= 0.6 is 0 Å². The number of rotatable bonds is 8. The van der Waals surface area contributed by atoms with Crippen molar-refractivity contribution in [3.63, 3.8) is 0 Å². The molecule has 1 aromatic heterocycles. The van der Waals surface area contributed by atoms with Crippen LogP contribution in [0.2, 0.25) is 0 Å². The zero-order valence-corrected chi connectivity index (χ0v) is 16.0. The summed E-state index contributed by atoms with van der Waals surface area (Å²) in [6.07, 6.45) is 4.20. The maximum absolute atomic E-state index is 13.0. The molecule has 136 valence electrons. The smallest absolute Gasteiger partial charge is 0.244 e. The highest BCUT2D eigenvalue weighted by molar-refractivity contribution is 7.89. The van der Waals surface area contributed by atoms with Gasteiger partial charge in [0.2, 0.25) is 10.0 Å². The third-order valence-electron chi connectivity index (χ3n) is 4.57. The van der Waals surface area contributed by atoms with E-state index < -0.39 is 10.0 Å². The molecule has 0 aliphatic heterocycles. The van der Waals surface area contributed by atoms with Crippen molar-refractivity contribution in [2.45, 2.75) is 56.8 Å². The predicted molar refractivity (Wildman–Crippen MR) is 99.8 cm³/mol. The largest absolute Gasteiger partial charge is 0.346 e. The van der Waals surface area contributed by atoms with E-state index in [-0.39, 0.29) is 6.04 Å². The summed E-state index contributed by atoms with van der Waals surface area (Å²) in [7, 11) is -1.87. The summed E-state index contributed by atoms with van der Waals surface area (Å²) in [6.45, 7) is 5.22. The fourth-order valence-electron chi connectivity index (χ4n) is 2.90. The van der Waals surface area contributed by atoms with Crippen molar-refractivity contribution in [2.24, 2.45) is 0 Å². The number of nitrogens with zero attached hydrogens (tertiary/aromatic N) is 2. The summed E-state index contributed by atoms with van der Waals surface area (Å²) >= 11 is 0. The standard InChI is InChI=1S/C19H27N3O2S/c1-15(2)22-14-19(11-18(22)12-20-17-9-10-17)25(23,24)21(3)13-16-7-5-4-6-8-16/h4-8,11,14-15,17,20H,9-10,12-13H2,1-3H3. The first kappa shape index (κ1) is 18.2. The van der Waals surface area contributed by atoms with Gasteiger partial charge in [-0.2, -0.15) is 4.31 Å². The van der Waals surface area contributed by atoms with Crippen LogP contribution in [0.25, 0.3) is 0 Å². The van der Waals surface area contributed by atoms with E-state index in [9.17, 15) is 8.42 Å². The normalized spacial score (nSPS) is 15.2. The minimum atomic E-state index is -3.51. The molecule has 25 heavy (non-hydrogen) atoms. The van der Waals surface area contributed by atoms with Crippen LogP contribution in [0.1, 0.15) is 44.0 Å². The quantitative estimate of drug-likeness (QED) is 0.786. The number of benzene rings is 1. The molecule has 3 rings (SSSR count). The van der Waals surface area contributed by atoms with Gasteiger partial charge in [0, 0.05) is 44.1 Å². The molecule has 1 aliphatic rings. The van der Waals surface area contributed by atoms with Gasteiger partial charge < -0.3 is 9.88 Å². The average Bonchev–Trinajstić information content (AvgIpc) is 3.30. The minimum Gasteiger partial charge on any atom is -0.346 e. The summed E-state index contributed by atoms with van der Waals surface area (Å²) in [5, 5.41) is 3.47. The molecule has 0 spiro atoms. The van der Waals surface area contributed by atoms with Gasteiger partial charge in [-0.3, -0.25) is 0 Å². The molecule has 6 heteroatoms. The molecule has 0 bridgehead atoms. The van der Waals surface area contributed by atoms with Crippen molar-refractivity contribution in [3.8, 4) is 0 Å². The molecule has 0 saturated heterocycles. The van der Waals surface area contributed by atoms with Gasteiger partial charge in [-0.05, 0) is 38.3 Å². The van der Waals surface area contributed by atoms with E-state index in [2.05, 4.69) is 23.7 Å². The van der Waals surface area contributed by atoms with Gasteiger partial charge in [0.1, 0.15) is 4.90 Å². The Morgan fingerprint density at radius 3 is 2.52 bits per heavy atom. The van der Waals surface area contributed by atoms with Crippen molar-refractivity contribution in [1.82, 2.24) is 14.2 Å². The minimum absolute atomic E-state index is 0.222. The summed E-state index contributed by atoms with van der Waals surface area (Å²) in [4.78, 5) is 0.368. The van der Waals surface area contributed by atoms with Crippen LogP contribution in [-0.4, -0.2) is 30.4 Å². The van der Waals surface area contributed by atoms with Gasteiger partial charge in [0.25, 0.3) is 0 Å². The van der Waals surface area contributed by atoms with Gasteiger partial charge in [-0.15, -0.1) is 0 Å². The zero-order chi connectivity index (χ0) is 18.0. The fourth-order valence-corrected chi connectivity index (χ4v) is 4.11. The van der Waals surface area contributed by atoms with Gasteiger partial charge in [0.15, 0.2) is 0 Å². The highest BCUT2D eigenvalue weighted by atomic mass is 32.2. The number of nitrogens with one attached hydrogen (secondary N) is 1. The Morgan fingerprint density at radius 2 is 1.92 bits per heavy atom. The molecular weight excluding hydrogens is 334 g/mol. The molecule has 1 aliphatic carbocycles. The summed E-state index contributed by atoms with van der Waals surface area (Å²) < 4.78 is 29.4. The van der Waals surface area contributed by atoms with Crippen molar-refractivity contribution in [1.29, 1.82) is 0 Å². The number of aromatic nitrogens is 1. The molecule has 5 nitrogen and oxygen atoms in total. The van der Waals surface area contributed by atoms with Crippen LogP contribution in [0, 0.1) is 0 Å². The molecule has 1 N–H and O–H groups in total. The lowest BCUT2D eigenvalue weighted by Crippen LogP contribution is -2.26. The Kier molecular flexibility index (Phi) is 5.32. The Balaban J connectivity index is 1.81. The van der Waals surface area contributed by atoms with Crippen LogP contribution in [0.3, 0.4) is 0 Å². The number of hydrogen-bond acceptors (Lipinski definition) is 3. The zero-order valence-electron chi connectivity index (χ0n) is 15.1. The van der Waals surface area contributed by atoms with Crippen molar-refractivity contribution in [3.05, 3.63) is 53.9 Å². The van der Waals surface area contributed by atoms with E-state index >= 15 is 0 Å². The second-order valence-corrected chi connectivity index (χ2v) is 9.11. The van der Waals surface area contributed by atoms with Crippen LogP contribution in [0.15, 0.2) is 47.5 Å². The molecule has 0 atom stereocenters. The first-order valence-corrected chi connectivity index (χ1v) is 10.3. The molecule has 0 amide bonds. The SMILES string of the molecule is CC(C)n1cc(S(=O)(=O)N(C)Cc2ccccc2)cc1CNC1CC1. The molecule has 0 unspecified atom stereocenters. The lowest BCUT2D eigenvalue weighted by molar-refractivity contribution is 0.466. The second-order valence-electron chi connectivity index (χ2n) is 7.07. The van der Waals surface area contributed by atoms with Crippen molar-refractivity contribution >= 4 is 10.0 Å². The van der Waals surface area contributed by atoms with Crippen LogP contribution < -0.4 is 5.32 Å². The van der Waals surface area contributed by atoms with Crippen LogP contribution in [0.5, 0.6) is 0 Å². The maximum Gasteiger partial charge on any atom is 0.244 e. The Bertz CT molecular complexity index is 808. The van der Waals surface area contributed by atoms with E-state index in [1.54, 1.807) is 13.2 Å². The Hall–Kier alpha value is -1.63. The topological polar surface area (TPSA) is 54.3 Å².